The van der Waals surface area contributed by atoms with E-state index in [4.69, 9.17) is 0 Å². The second-order valence-corrected chi connectivity index (χ2v) is 6.03. The summed E-state index contributed by atoms with van der Waals surface area (Å²) in [5.74, 6) is 1.58. The van der Waals surface area contributed by atoms with Crippen molar-refractivity contribution >= 4 is 5.91 Å². The minimum Gasteiger partial charge on any atom is -0.356 e. The number of rotatable bonds is 6. The van der Waals surface area contributed by atoms with E-state index in [9.17, 15) is 4.79 Å². The van der Waals surface area contributed by atoms with Gasteiger partial charge in [-0.3, -0.25) is 4.79 Å². The largest absolute Gasteiger partial charge is 0.356 e. The molecule has 0 unspecified atom stereocenters. The minimum absolute atomic E-state index is 0.207. The summed E-state index contributed by atoms with van der Waals surface area (Å²) < 4.78 is 0. The van der Waals surface area contributed by atoms with E-state index in [0.717, 1.165) is 13.0 Å². The molecule has 0 aliphatic rings. The Morgan fingerprint density at radius 3 is 1.81 bits per heavy atom. The summed E-state index contributed by atoms with van der Waals surface area (Å²) in [6.45, 7) is 15.7. The number of carbonyl (C=O) groups is 1. The number of hydrogen-bond donors (Lipinski definition) is 1. The molecule has 0 heterocycles. The number of hydrogen-bond acceptors (Lipinski definition) is 1. The Kier molecular flexibility index (Phi) is 6.06. The molecule has 16 heavy (non-hydrogen) atoms. The van der Waals surface area contributed by atoms with Crippen LogP contribution in [0, 0.1) is 23.2 Å². The van der Waals surface area contributed by atoms with Crippen molar-refractivity contribution in [3.8, 4) is 0 Å². The number of amides is 1. The van der Waals surface area contributed by atoms with Crippen LogP contribution in [0.3, 0.4) is 0 Å². The van der Waals surface area contributed by atoms with Crippen LogP contribution < -0.4 is 5.32 Å². The Labute approximate surface area is 101 Å². The fourth-order valence-electron chi connectivity index (χ4n) is 1.86. The van der Waals surface area contributed by atoms with Gasteiger partial charge in [-0.2, -0.15) is 0 Å². The lowest BCUT2D eigenvalue weighted by molar-refractivity contribution is -0.135. The van der Waals surface area contributed by atoms with E-state index in [-0.39, 0.29) is 11.3 Å². The predicted molar refractivity (Wildman–Crippen MR) is 70.2 cm³/mol. The lowest BCUT2D eigenvalue weighted by Gasteiger charge is -2.36. The van der Waals surface area contributed by atoms with Gasteiger partial charge in [-0.05, 0) is 24.2 Å². The Hall–Kier alpha value is -0.530. The molecule has 0 aromatic heterocycles. The zero-order valence-corrected chi connectivity index (χ0v) is 12.1. The third-order valence-electron chi connectivity index (χ3n) is 3.90. The maximum Gasteiger partial charge on any atom is 0.226 e. The molecule has 2 nitrogen and oxygen atoms in total. The van der Waals surface area contributed by atoms with E-state index >= 15 is 0 Å². The Balaban J connectivity index is 4.42. The molecular weight excluding hydrogens is 198 g/mol. The lowest BCUT2D eigenvalue weighted by atomic mass is 9.70. The Morgan fingerprint density at radius 1 is 1.06 bits per heavy atom. The topological polar surface area (TPSA) is 29.1 Å². The first-order valence-corrected chi connectivity index (χ1v) is 6.51. The molecule has 0 fully saturated rings. The standard InChI is InChI=1S/C14H29NO/c1-10(2)8-9-15-13(16)14(7,11(3)4)12(5)6/h10-12H,8-9H2,1-7H3,(H,15,16). The molecule has 0 aromatic rings. The van der Waals surface area contributed by atoms with Gasteiger partial charge in [0.05, 0.1) is 5.41 Å². The van der Waals surface area contributed by atoms with Gasteiger partial charge < -0.3 is 5.32 Å². The van der Waals surface area contributed by atoms with Crippen molar-refractivity contribution in [2.75, 3.05) is 6.54 Å². The fraction of sp³-hybridized carbons (Fsp3) is 0.929. The van der Waals surface area contributed by atoms with Crippen LogP contribution in [0.15, 0.2) is 0 Å². The van der Waals surface area contributed by atoms with Gasteiger partial charge in [0.2, 0.25) is 5.91 Å². The first kappa shape index (κ1) is 15.5. The maximum atomic E-state index is 12.2. The van der Waals surface area contributed by atoms with Crippen LogP contribution >= 0.6 is 0 Å². The lowest BCUT2D eigenvalue weighted by Crippen LogP contribution is -2.46. The molecular formula is C14H29NO. The number of carbonyl (C=O) groups excluding carboxylic acids is 1. The van der Waals surface area contributed by atoms with Crippen LogP contribution in [0.1, 0.15) is 54.9 Å². The third-order valence-corrected chi connectivity index (χ3v) is 3.90. The SMILES string of the molecule is CC(C)CCNC(=O)C(C)(C(C)C)C(C)C. The van der Waals surface area contributed by atoms with Crippen molar-refractivity contribution in [2.45, 2.75) is 54.9 Å². The van der Waals surface area contributed by atoms with Gasteiger partial charge in [0.1, 0.15) is 0 Å². The summed E-state index contributed by atoms with van der Waals surface area (Å²) in [5, 5.41) is 3.08. The Bertz CT molecular complexity index is 211. The van der Waals surface area contributed by atoms with Crippen LogP contribution in [0.4, 0.5) is 0 Å². The molecule has 0 rings (SSSR count). The van der Waals surface area contributed by atoms with Crippen LogP contribution in [0.2, 0.25) is 0 Å². The molecule has 0 saturated heterocycles. The van der Waals surface area contributed by atoms with Crippen molar-refractivity contribution in [1.29, 1.82) is 0 Å². The van der Waals surface area contributed by atoms with E-state index in [2.05, 4.69) is 53.8 Å². The molecule has 96 valence electrons. The molecule has 0 atom stereocenters. The first-order valence-electron chi connectivity index (χ1n) is 6.51. The highest BCUT2D eigenvalue weighted by Crippen LogP contribution is 2.35. The van der Waals surface area contributed by atoms with Crippen LogP contribution in [-0.2, 0) is 4.79 Å². The highest BCUT2D eigenvalue weighted by atomic mass is 16.2. The summed E-state index contributed by atoms with van der Waals surface area (Å²) in [6, 6.07) is 0. The van der Waals surface area contributed by atoms with Gasteiger partial charge in [-0.15, -0.1) is 0 Å². The van der Waals surface area contributed by atoms with E-state index in [1.54, 1.807) is 0 Å². The molecule has 0 aliphatic carbocycles. The van der Waals surface area contributed by atoms with Gasteiger partial charge in [-0.1, -0.05) is 48.5 Å². The normalized spacial score (nSPS) is 12.6. The second-order valence-electron chi connectivity index (χ2n) is 6.03. The molecule has 0 aliphatic heterocycles. The van der Waals surface area contributed by atoms with Crippen molar-refractivity contribution < 1.29 is 4.79 Å². The van der Waals surface area contributed by atoms with Gasteiger partial charge in [0, 0.05) is 6.54 Å². The zero-order valence-electron chi connectivity index (χ0n) is 12.1. The quantitative estimate of drug-likeness (QED) is 0.739. The van der Waals surface area contributed by atoms with Crippen molar-refractivity contribution in [3.63, 3.8) is 0 Å². The van der Waals surface area contributed by atoms with Gasteiger partial charge >= 0.3 is 0 Å². The highest BCUT2D eigenvalue weighted by molar-refractivity contribution is 5.82. The smallest absolute Gasteiger partial charge is 0.226 e. The molecule has 0 spiro atoms. The van der Waals surface area contributed by atoms with Crippen molar-refractivity contribution in [3.05, 3.63) is 0 Å². The van der Waals surface area contributed by atoms with Crippen LogP contribution in [0.25, 0.3) is 0 Å². The molecule has 1 amide bonds. The monoisotopic (exact) mass is 227 g/mol. The third kappa shape index (κ3) is 3.80. The van der Waals surface area contributed by atoms with Crippen LogP contribution in [-0.4, -0.2) is 12.5 Å². The molecule has 0 saturated carbocycles. The predicted octanol–water partition coefficient (Wildman–Crippen LogP) is 3.47. The van der Waals surface area contributed by atoms with Crippen molar-refractivity contribution in [1.82, 2.24) is 5.32 Å². The Morgan fingerprint density at radius 2 is 1.50 bits per heavy atom. The average Bonchev–Trinajstić information content (AvgIpc) is 2.14. The zero-order chi connectivity index (χ0) is 12.9. The number of nitrogens with one attached hydrogen (secondary N) is 1. The van der Waals surface area contributed by atoms with E-state index in [0.29, 0.717) is 17.8 Å². The molecule has 2 heteroatoms. The van der Waals surface area contributed by atoms with Crippen molar-refractivity contribution in [2.24, 2.45) is 23.2 Å². The summed E-state index contributed by atoms with van der Waals surface area (Å²) >= 11 is 0. The second kappa shape index (κ2) is 6.27. The molecule has 0 bridgehead atoms. The fourth-order valence-corrected chi connectivity index (χ4v) is 1.86. The summed E-state index contributed by atoms with van der Waals surface area (Å²) in [6.07, 6.45) is 1.05. The molecule has 0 aromatic carbocycles. The van der Waals surface area contributed by atoms with Gasteiger partial charge in [0.25, 0.3) is 0 Å². The van der Waals surface area contributed by atoms with E-state index < -0.39 is 0 Å². The highest BCUT2D eigenvalue weighted by Gasteiger charge is 2.39. The maximum absolute atomic E-state index is 12.2. The van der Waals surface area contributed by atoms with Gasteiger partial charge in [-0.25, -0.2) is 0 Å². The molecule has 0 radical (unpaired) electrons. The summed E-state index contributed by atoms with van der Waals surface area (Å²) in [4.78, 5) is 12.2. The average molecular weight is 227 g/mol. The minimum atomic E-state index is -0.253. The summed E-state index contributed by atoms with van der Waals surface area (Å²) in [5.41, 5.74) is -0.253. The van der Waals surface area contributed by atoms with E-state index in [1.807, 2.05) is 0 Å². The first-order chi connectivity index (χ1) is 7.22. The summed E-state index contributed by atoms with van der Waals surface area (Å²) in [7, 11) is 0. The van der Waals surface area contributed by atoms with E-state index in [1.165, 1.54) is 0 Å². The van der Waals surface area contributed by atoms with Gasteiger partial charge in [0.15, 0.2) is 0 Å². The van der Waals surface area contributed by atoms with Crippen LogP contribution in [0.5, 0.6) is 0 Å². The molecule has 1 N–H and O–H groups in total.